The summed E-state index contributed by atoms with van der Waals surface area (Å²) < 4.78 is 10.8. The van der Waals surface area contributed by atoms with Crippen LogP contribution in [0.25, 0.3) is 6.08 Å². The van der Waals surface area contributed by atoms with Gasteiger partial charge in [-0.05, 0) is 30.2 Å². The first-order valence-electron chi connectivity index (χ1n) is 8.66. The maximum absolute atomic E-state index is 12.2. The second-order valence-corrected chi connectivity index (χ2v) is 5.80. The second kappa shape index (κ2) is 10.5. The van der Waals surface area contributed by atoms with E-state index in [2.05, 4.69) is 10.2 Å². The van der Waals surface area contributed by atoms with Crippen LogP contribution in [0.2, 0.25) is 0 Å². The summed E-state index contributed by atoms with van der Waals surface area (Å²) in [6, 6.07) is 9.33. The van der Waals surface area contributed by atoms with Crippen LogP contribution in [-0.2, 0) is 9.53 Å². The van der Waals surface area contributed by atoms with Crippen molar-refractivity contribution in [1.82, 2.24) is 10.2 Å². The molecule has 1 fully saturated rings. The molecule has 0 aromatic heterocycles. The van der Waals surface area contributed by atoms with Crippen molar-refractivity contribution in [2.75, 3.05) is 46.0 Å². The smallest absolute Gasteiger partial charge is 0.261 e. The molecule has 6 heteroatoms. The van der Waals surface area contributed by atoms with Gasteiger partial charge in [0.05, 0.1) is 19.8 Å². The van der Waals surface area contributed by atoms with Gasteiger partial charge in [0.15, 0.2) is 0 Å². The van der Waals surface area contributed by atoms with E-state index in [1.165, 1.54) is 0 Å². The third kappa shape index (κ3) is 6.57. The lowest BCUT2D eigenvalue weighted by Crippen LogP contribution is -2.41. The lowest BCUT2D eigenvalue weighted by atomic mass is 10.1. The highest BCUT2D eigenvalue weighted by Crippen LogP contribution is 2.14. The molecule has 0 aliphatic carbocycles. The van der Waals surface area contributed by atoms with Crippen molar-refractivity contribution >= 4 is 12.0 Å². The normalized spacial score (nSPS) is 15.4. The second-order valence-electron chi connectivity index (χ2n) is 5.80. The average Bonchev–Trinajstić information content (AvgIpc) is 2.66. The average molecular weight is 343 g/mol. The monoisotopic (exact) mass is 343 g/mol. The summed E-state index contributed by atoms with van der Waals surface area (Å²) in [7, 11) is 0. The van der Waals surface area contributed by atoms with E-state index in [4.69, 9.17) is 9.47 Å². The van der Waals surface area contributed by atoms with Crippen LogP contribution >= 0.6 is 0 Å². The molecule has 0 bridgehead atoms. The predicted molar refractivity (Wildman–Crippen MR) is 96.1 cm³/mol. The number of rotatable bonds is 8. The molecule has 1 amide bonds. The number of amides is 1. The number of hydrogen-bond donors (Lipinski definition) is 1. The van der Waals surface area contributed by atoms with E-state index in [0.29, 0.717) is 13.2 Å². The Balaban J connectivity index is 1.85. The Morgan fingerprint density at radius 1 is 1.36 bits per heavy atom. The highest BCUT2D eigenvalue weighted by Gasteiger charge is 2.12. The van der Waals surface area contributed by atoms with Crippen LogP contribution in [-0.4, -0.2) is 56.8 Å². The molecule has 0 radical (unpaired) electrons. The van der Waals surface area contributed by atoms with Crippen molar-refractivity contribution in [2.45, 2.75) is 13.3 Å². The van der Waals surface area contributed by atoms with Crippen LogP contribution < -0.4 is 10.1 Å². The molecule has 134 valence electrons. The third-order valence-corrected chi connectivity index (χ3v) is 3.85. The molecule has 0 atom stereocenters. The molecule has 6 nitrogen and oxygen atoms in total. The van der Waals surface area contributed by atoms with Crippen LogP contribution in [0.4, 0.5) is 0 Å². The summed E-state index contributed by atoms with van der Waals surface area (Å²) in [6.45, 7) is 7.22. The molecule has 2 rings (SSSR count). The number of carbonyl (C=O) groups excluding carboxylic acids is 1. The van der Waals surface area contributed by atoms with Crippen molar-refractivity contribution in [3.8, 4) is 11.8 Å². The fourth-order valence-corrected chi connectivity index (χ4v) is 2.44. The molecule has 1 aromatic rings. The molecule has 1 N–H and O–H groups in total. The van der Waals surface area contributed by atoms with E-state index >= 15 is 0 Å². The summed E-state index contributed by atoms with van der Waals surface area (Å²) in [5.41, 5.74) is 0.896. The number of nitriles is 1. The summed E-state index contributed by atoms with van der Waals surface area (Å²) in [5, 5.41) is 12.0. The van der Waals surface area contributed by atoms with E-state index in [-0.39, 0.29) is 11.5 Å². The molecule has 1 heterocycles. The predicted octanol–water partition coefficient (Wildman–Crippen LogP) is 1.83. The summed E-state index contributed by atoms with van der Waals surface area (Å²) in [4.78, 5) is 14.4. The maximum atomic E-state index is 12.2. The van der Waals surface area contributed by atoms with Crippen LogP contribution in [0, 0.1) is 11.3 Å². The van der Waals surface area contributed by atoms with Gasteiger partial charge in [-0.15, -0.1) is 0 Å². The van der Waals surface area contributed by atoms with E-state index in [1.54, 1.807) is 6.08 Å². The minimum absolute atomic E-state index is 0.101. The van der Waals surface area contributed by atoms with Crippen molar-refractivity contribution in [3.63, 3.8) is 0 Å². The Morgan fingerprint density at radius 2 is 2.08 bits per heavy atom. The summed E-state index contributed by atoms with van der Waals surface area (Å²) >= 11 is 0. The van der Waals surface area contributed by atoms with E-state index in [1.807, 2.05) is 37.3 Å². The largest absolute Gasteiger partial charge is 0.494 e. The first-order valence-corrected chi connectivity index (χ1v) is 8.66. The zero-order chi connectivity index (χ0) is 17.9. The molecule has 1 saturated heterocycles. The molecule has 1 aliphatic heterocycles. The number of nitrogens with zero attached hydrogens (tertiary/aromatic N) is 2. The molecule has 0 unspecified atom stereocenters. The Bertz CT molecular complexity index is 614. The van der Waals surface area contributed by atoms with Crippen LogP contribution in [0.1, 0.15) is 18.9 Å². The molecule has 1 aromatic carbocycles. The number of benzene rings is 1. The van der Waals surface area contributed by atoms with Crippen molar-refractivity contribution in [1.29, 1.82) is 5.26 Å². The van der Waals surface area contributed by atoms with Crippen LogP contribution in [0.3, 0.4) is 0 Å². The van der Waals surface area contributed by atoms with Gasteiger partial charge in [-0.1, -0.05) is 19.1 Å². The number of carbonyl (C=O) groups is 1. The van der Waals surface area contributed by atoms with Crippen molar-refractivity contribution < 1.29 is 14.3 Å². The topological polar surface area (TPSA) is 74.6 Å². The van der Waals surface area contributed by atoms with E-state index in [0.717, 1.165) is 50.6 Å². The number of ether oxygens (including phenoxy) is 2. The Kier molecular flexibility index (Phi) is 7.96. The molecular weight excluding hydrogens is 318 g/mol. The summed E-state index contributed by atoms with van der Waals surface area (Å²) in [5.74, 6) is 0.439. The molecular formula is C19H25N3O3. The fourth-order valence-electron chi connectivity index (χ4n) is 2.44. The van der Waals surface area contributed by atoms with Gasteiger partial charge < -0.3 is 14.8 Å². The minimum atomic E-state index is -0.345. The number of hydrogen-bond acceptors (Lipinski definition) is 5. The van der Waals surface area contributed by atoms with Crippen molar-refractivity contribution in [3.05, 3.63) is 35.4 Å². The van der Waals surface area contributed by atoms with Gasteiger partial charge in [-0.25, -0.2) is 0 Å². The quantitative estimate of drug-likeness (QED) is 0.576. The first kappa shape index (κ1) is 19.0. The Hall–Kier alpha value is -2.36. The van der Waals surface area contributed by atoms with Gasteiger partial charge in [-0.2, -0.15) is 5.26 Å². The van der Waals surface area contributed by atoms with E-state index in [9.17, 15) is 10.1 Å². The minimum Gasteiger partial charge on any atom is -0.494 e. The van der Waals surface area contributed by atoms with Gasteiger partial charge in [-0.3, -0.25) is 9.69 Å². The SMILES string of the molecule is CCCOc1ccc(/C=C(\C#N)C(=O)NCCN2CCOCC2)cc1. The Labute approximate surface area is 149 Å². The fraction of sp³-hybridized carbons (Fsp3) is 0.474. The molecule has 25 heavy (non-hydrogen) atoms. The number of morpholine rings is 1. The molecule has 0 saturated carbocycles. The standard InChI is InChI=1S/C19H25N3O3/c1-2-11-25-18-5-3-16(4-6-18)14-17(15-20)19(23)21-7-8-22-9-12-24-13-10-22/h3-6,14H,2,7-13H2,1H3,(H,21,23)/b17-14+. The van der Waals surface area contributed by atoms with Crippen LogP contribution in [0.5, 0.6) is 5.75 Å². The maximum Gasteiger partial charge on any atom is 0.261 e. The van der Waals surface area contributed by atoms with Gasteiger partial charge >= 0.3 is 0 Å². The molecule has 0 spiro atoms. The Morgan fingerprint density at radius 3 is 2.72 bits per heavy atom. The van der Waals surface area contributed by atoms with Gasteiger partial charge in [0, 0.05) is 26.2 Å². The third-order valence-electron chi connectivity index (χ3n) is 3.85. The first-order chi connectivity index (χ1) is 12.2. The van der Waals surface area contributed by atoms with Gasteiger partial charge in [0.1, 0.15) is 17.4 Å². The highest BCUT2D eigenvalue weighted by molar-refractivity contribution is 6.01. The van der Waals surface area contributed by atoms with E-state index < -0.39 is 0 Å². The van der Waals surface area contributed by atoms with Gasteiger partial charge in [0.25, 0.3) is 5.91 Å². The lowest BCUT2D eigenvalue weighted by molar-refractivity contribution is -0.117. The zero-order valence-electron chi connectivity index (χ0n) is 14.7. The number of nitrogens with one attached hydrogen (secondary N) is 1. The molecule has 1 aliphatic rings. The highest BCUT2D eigenvalue weighted by atomic mass is 16.5. The zero-order valence-corrected chi connectivity index (χ0v) is 14.7. The summed E-state index contributed by atoms with van der Waals surface area (Å²) in [6.07, 6.45) is 2.54. The van der Waals surface area contributed by atoms with Crippen LogP contribution in [0.15, 0.2) is 29.8 Å². The lowest BCUT2D eigenvalue weighted by Gasteiger charge is -2.26. The van der Waals surface area contributed by atoms with Crippen molar-refractivity contribution in [2.24, 2.45) is 0 Å². The van der Waals surface area contributed by atoms with Gasteiger partial charge in [0.2, 0.25) is 0 Å².